The molecule has 0 bridgehead atoms. The van der Waals surface area contributed by atoms with Gasteiger partial charge in [0.15, 0.2) is 0 Å². The molecule has 13 aromatic rings. The van der Waals surface area contributed by atoms with Crippen LogP contribution in [0.5, 0.6) is 0 Å². The van der Waals surface area contributed by atoms with Crippen LogP contribution in [0.15, 0.2) is 174 Å². The number of rotatable bonds is 2. The third kappa shape index (κ3) is 3.61. The van der Waals surface area contributed by atoms with E-state index in [4.69, 9.17) is 4.42 Å². The van der Waals surface area contributed by atoms with Gasteiger partial charge in [0, 0.05) is 16.2 Å². The number of hydrogen-bond donors (Lipinski definition) is 0. The Balaban J connectivity index is 1.20. The largest absolute Gasteiger partial charge is 0.455 e. The van der Waals surface area contributed by atoms with E-state index in [0.29, 0.717) is 0 Å². The smallest absolute Gasteiger partial charge is 0.143 e. The van der Waals surface area contributed by atoms with E-state index in [1.165, 1.54) is 108 Å². The lowest BCUT2D eigenvalue weighted by molar-refractivity contribution is 0.673. The molecule has 0 spiro atoms. The highest BCUT2D eigenvalue weighted by molar-refractivity contribution is 6.31. The Bertz CT molecular complexity index is 3640. The lowest BCUT2D eigenvalue weighted by atomic mass is 9.85. The maximum atomic E-state index is 7.03. The minimum Gasteiger partial charge on any atom is -0.455 e. The Morgan fingerprint density at radius 3 is 1.34 bits per heavy atom. The van der Waals surface area contributed by atoms with Gasteiger partial charge in [-0.1, -0.05) is 152 Å². The normalized spacial score (nSPS) is 12.5. The van der Waals surface area contributed by atoms with Gasteiger partial charge in [-0.3, -0.25) is 0 Å². The van der Waals surface area contributed by atoms with Crippen LogP contribution in [0.25, 0.3) is 130 Å². The number of furan rings is 1. The van der Waals surface area contributed by atoms with Crippen molar-refractivity contribution in [3.8, 4) is 22.3 Å². The molecule has 0 fully saturated rings. The summed E-state index contributed by atoms with van der Waals surface area (Å²) in [6.07, 6.45) is 0. The minimum atomic E-state index is 0.915. The van der Waals surface area contributed by atoms with Gasteiger partial charge in [0.05, 0.1) is 0 Å². The summed E-state index contributed by atoms with van der Waals surface area (Å²) in [6, 6.07) is 63.2. The van der Waals surface area contributed by atoms with Crippen LogP contribution >= 0.6 is 0 Å². The Labute approximate surface area is 303 Å². The summed E-state index contributed by atoms with van der Waals surface area (Å²) in [6.45, 7) is 0. The van der Waals surface area contributed by atoms with Gasteiger partial charge in [0.25, 0.3) is 0 Å². The van der Waals surface area contributed by atoms with Crippen molar-refractivity contribution in [1.82, 2.24) is 0 Å². The van der Waals surface area contributed by atoms with Gasteiger partial charge in [-0.15, -0.1) is 0 Å². The van der Waals surface area contributed by atoms with E-state index < -0.39 is 0 Å². The molecule has 0 N–H and O–H groups in total. The Morgan fingerprint density at radius 1 is 0.245 bits per heavy atom. The van der Waals surface area contributed by atoms with E-state index in [2.05, 4.69) is 170 Å². The Kier molecular flexibility index (Phi) is 5.17. The number of benzene rings is 12. The van der Waals surface area contributed by atoms with E-state index in [0.717, 1.165) is 21.9 Å². The van der Waals surface area contributed by atoms with Crippen LogP contribution in [0, 0.1) is 0 Å². The second kappa shape index (κ2) is 9.88. The SMILES string of the molecule is c1ccc2cc3c(cc2c1)oc1c2cccc(-c4ccc5ccc6cccc7ccc4c5c67)c2cc(-c2ccc4ccc5cccc6ccc2c4c56)c31. The average molecular weight is 669 g/mol. The molecule has 0 aliphatic heterocycles. The molecule has 0 amide bonds. The average Bonchev–Trinajstić information content (AvgIpc) is 3.59. The Morgan fingerprint density at radius 2 is 0.717 bits per heavy atom. The zero-order chi connectivity index (χ0) is 34.4. The first-order chi connectivity index (χ1) is 26.3. The molecule has 53 heavy (non-hydrogen) atoms. The fourth-order valence-electron chi connectivity index (χ4n) is 9.76. The van der Waals surface area contributed by atoms with Gasteiger partial charge in [-0.05, 0) is 121 Å². The highest BCUT2D eigenvalue weighted by atomic mass is 16.3. The predicted molar refractivity (Wildman–Crippen MR) is 227 cm³/mol. The lowest BCUT2D eigenvalue weighted by Crippen LogP contribution is -1.91. The van der Waals surface area contributed by atoms with Crippen molar-refractivity contribution in [3.05, 3.63) is 170 Å². The monoisotopic (exact) mass is 668 g/mol. The van der Waals surface area contributed by atoms with E-state index in [-0.39, 0.29) is 0 Å². The first-order valence-corrected chi connectivity index (χ1v) is 18.4. The van der Waals surface area contributed by atoms with Crippen molar-refractivity contribution in [2.45, 2.75) is 0 Å². The molecule has 1 heteroatoms. The van der Waals surface area contributed by atoms with Gasteiger partial charge in [-0.2, -0.15) is 0 Å². The molecule has 0 unspecified atom stereocenters. The second-order valence-electron chi connectivity index (χ2n) is 14.8. The first-order valence-electron chi connectivity index (χ1n) is 18.4. The molecule has 12 aromatic carbocycles. The number of fused-ring (bicyclic) bond motifs is 6. The van der Waals surface area contributed by atoms with Crippen LogP contribution in [-0.2, 0) is 0 Å². The number of hydrogen-bond acceptors (Lipinski definition) is 1. The van der Waals surface area contributed by atoms with Crippen LogP contribution in [0.2, 0.25) is 0 Å². The topological polar surface area (TPSA) is 13.1 Å². The zero-order valence-corrected chi connectivity index (χ0v) is 28.6. The summed E-state index contributed by atoms with van der Waals surface area (Å²) in [5.41, 5.74) is 6.73. The Hall–Kier alpha value is -6.96. The molecular weight excluding hydrogens is 641 g/mol. The van der Waals surface area contributed by atoms with E-state index in [1.807, 2.05) is 0 Å². The fourth-order valence-corrected chi connectivity index (χ4v) is 9.76. The minimum absolute atomic E-state index is 0.915. The molecule has 1 aromatic heterocycles. The van der Waals surface area contributed by atoms with Gasteiger partial charge < -0.3 is 4.42 Å². The van der Waals surface area contributed by atoms with Crippen LogP contribution in [-0.4, -0.2) is 0 Å². The van der Waals surface area contributed by atoms with Crippen molar-refractivity contribution in [1.29, 1.82) is 0 Å². The zero-order valence-electron chi connectivity index (χ0n) is 28.6. The molecule has 0 aliphatic rings. The van der Waals surface area contributed by atoms with Crippen molar-refractivity contribution in [2.24, 2.45) is 0 Å². The maximum Gasteiger partial charge on any atom is 0.143 e. The lowest BCUT2D eigenvalue weighted by Gasteiger charge is -2.17. The highest BCUT2D eigenvalue weighted by Crippen LogP contribution is 2.49. The molecule has 0 atom stereocenters. The van der Waals surface area contributed by atoms with Crippen molar-refractivity contribution in [3.63, 3.8) is 0 Å². The van der Waals surface area contributed by atoms with E-state index in [1.54, 1.807) is 0 Å². The molecule has 0 radical (unpaired) electrons. The quantitative estimate of drug-likeness (QED) is 0.167. The molecule has 13 rings (SSSR count). The fraction of sp³-hybridized carbons (Fsp3) is 0. The summed E-state index contributed by atoms with van der Waals surface area (Å²) in [4.78, 5) is 0. The van der Waals surface area contributed by atoms with Gasteiger partial charge in [-0.25, -0.2) is 0 Å². The molecule has 1 nitrogen and oxygen atoms in total. The molecule has 0 saturated heterocycles. The van der Waals surface area contributed by atoms with Gasteiger partial charge >= 0.3 is 0 Å². The van der Waals surface area contributed by atoms with Crippen molar-refractivity contribution >= 4 is 108 Å². The maximum absolute atomic E-state index is 7.03. The molecule has 242 valence electrons. The summed E-state index contributed by atoms with van der Waals surface area (Å²) in [5.74, 6) is 0. The summed E-state index contributed by atoms with van der Waals surface area (Å²) in [5, 5.41) is 22.6. The summed E-state index contributed by atoms with van der Waals surface area (Å²) < 4.78 is 7.03. The van der Waals surface area contributed by atoms with Crippen molar-refractivity contribution < 1.29 is 4.42 Å². The van der Waals surface area contributed by atoms with E-state index in [9.17, 15) is 0 Å². The van der Waals surface area contributed by atoms with Crippen LogP contribution in [0.1, 0.15) is 0 Å². The van der Waals surface area contributed by atoms with Crippen molar-refractivity contribution in [2.75, 3.05) is 0 Å². The highest BCUT2D eigenvalue weighted by Gasteiger charge is 2.22. The third-order valence-electron chi connectivity index (χ3n) is 12.1. The summed E-state index contributed by atoms with van der Waals surface area (Å²) in [7, 11) is 0. The van der Waals surface area contributed by atoms with E-state index >= 15 is 0 Å². The standard InChI is InChI=1S/C52H28O/c1-2-7-36-27-46-45(26-35(36)6-1)51-44(39-23-19-34-17-15-30-9-4-11-32-21-25-41(39)50(34)48(30)32)28-43-37(12-5-13-42(43)52(51)53-46)38-22-18-33-16-14-29-8-3-10-31-20-24-40(38)49(33)47(29)31/h1-28H. The summed E-state index contributed by atoms with van der Waals surface area (Å²) >= 11 is 0. The molecule has 1 heterocycles. The van der Waals surface area contributed by atoms with Crippen LogP contribution in [0.4, 0.5) is 0 Å². The molecular formula is C52H28O. The van der Waals surface area contributed by atoms with Gasteiger partial charge in [0.1, 0.15) is 11.2 Å². The van der Waals surface area contributed by atoms with Crippen LogP contribution in [0.3, 0.4) is 0 Å². The molecule has 0 saturated carbocycles. The third-order valence-corrected chi connectivity index (χ3v) is 12.1. The van der Waals surface area contributed by atoms with Crippen LogP contribution < -0.4 is 0 Å². The predicted octanol–water partition coefficient (Wildman–Crippen LogP) is 15.0. The van der Waals surface area contributed by atoms with Gasteiger partial charge in [0.2, 0.25) is 0 Å². The molecule has 0 aliphatic carbocycles. The first kappa shape index (κ1) is 27.7. The second-order valence-corrected chi connectivity index (χ2v) is 14.8.